The van der Waals surface area contributed by atoms with Gasteiger partial charge in [0.05, 0.1) is 13.2 Å². The SMILES string of the molecule is O=COCCOCCSCCSc1ccc(C2=Cc3ccccc3CCC2)cc1. The second-order valence-electron chi connectivity index (χ2n) is 6.79. The molecule has 0 fully saturated rings. The van der Waals surface area contributed by atoms with Crippen molar-refractivity contribution in [1.82, 2.24) is 0 Å². The van der Waals surface area contributed by atoms with Crippen molar-refractivity contribution >= 4 is 41.6 Å². The number of rotatable bonds is 12. The number of carbonyl (C=O) groups is 1. The summed E-state index contributed by atoms with van der Waals surface area (Å²) >= 11 is 3.80. The van der Waals surface area contributed by atoms with Gasteiger partial charge in [-0.15, -0.1) is 11.8 Å². The predicted octanol–water partition coefficient (Wildman–Crippen LogP) is 5.58. The Balaban J connectivity index is 1.38. The first-order valence-corrected chi connectivity index (χ1v) is 12.2. The van der Waals surface area contributed by atoms with Crippen LogP contribution in [0.2, 0.25) is 0 Å². The number of aryl methyl sites for hydroxylation is 1. The van der Waals surface area contributed by atoms with Crippen molar-refractivity contribution < 1.29 is 14.3 Å². The Morgan fingerprint density at radius 2 is 1.76 bits per heavy atom. The molecule has 3 nitrogen and oxygen atoms in total. The van der Waals surface area contributed by atoms with Gasteiger partial charge in [-0.3, -0.25) is 4.79 Å². The number of hydrogen-bond donors (Lipinski definition) is 0. The van der Waals surface area contributed by atoms with Gasteiger partial charge < -0.3 is 9.47 Å². The molecule has 2 aromatic carbocycles. The summed E-state index contributed by atoms with van der Waals surface area (Å²) in [7, 11) is 0. The molecule has 0 saturated carbocycles. The van der Waals surface area contributed by atoms with Gasteiger partial charge >= 0.3 is 0 Å². The molecule has 0 atom stereocenters. The summed E-state index contributed by atoms with van der Waals surface area (Å²) < 4.78 is 9.96. The molecule has 0 amide bonds. The molecule has 154 valence electrons. The molecule has 3 rings (SSSR count). The van der Waals surface area contributed by atoms with Gasteiger partial charge in [0.15, 0.2) is 0 Å². The first kappa shape index (κ1) is 22.0. The molecule has 0 bridgehead atoms. The summed E-state index contributed by atoms with van der Waals surface area (Å²) in [4.78, 5) is 11.3. The molecule has 0 N–H and O–H groups in total. The maximum Gasteiger partial charge on any atom is 0.293 e. The van der Waals surface area contributed by atoms with Gasteiger partial charge in [-0.1, -0.05) is 42.5 Å². The average molecular weight is 429 g/mol. The Kier molecular flexibility index (Phi) is 9.70. The summed E-state index contributed by atoms with van der Waals surface area (Å²) in [6.07, 6.45) is 5.89. The Bertz CT molecular complexity index is 787. The summed E-state index contributed by atoms with van der Waals surface area (Å²) in [5.41, 5.74) is 5.62. The van der Waals surface area contributed by atoms with Gasteiger partial charge in [-0.2, -0.15) is 11.8 Å². The molecule has 1 aliphatic rings. The molecule has 0 aliphatic heterocycles. The van der Waals surface area contributed by atoms with Crippen LogP contribution in [0.5, 0.6) is 0 Å². The Labute approximate surface area is 182 Å². The van der Waals surface area contributed by atoms with E-state index in [-0.39, 0.29) is 0 Å². The molecule has 0 aromatic heterocycles. The minimum Gasteiger partial charge on any atom is -0.465 e. The highest BCUT2D eigenvalue weighted by Gasteiger charge is 2.10. The fourth-order valence-corrected chi connectivity index (χ4v) is 5.13. The van der Waals surface area contributed by atoms with Crippen molar-refractivity contribution in [1.29, 1.82) is 0 Å². The molecular formula is C24H28O3S2. The number of ether oxygens (including phenoxy) is 2. The van der Waals surface area contributed by atoms with Gasteiger partial charge in [0.1, 0.15) is 6.61 Å². The number of thioether (sulfide) groups is 2. The van der Waals surface area contributed by atoms with Gasteiger partial charge in [0, 0.05) is 22.2 Å². The molecule has 2 aromatic rings. The third-order valence-corrected chi connectivity index (χ3v) is 7.00. The Morgan fingerprint density at radius 1 is 0.897 bits per heavy atom. The van der Waals surface area contributed by atoms with Crippen LogP contribution in [0.15, 0.2) is 53.4 Å². The minimum atomic E-state index is 0.337. The summed E-state index contributed by atoms with van der Waals surface area (Å²) in [6, 6.07) is 17.8. The number of allylic oxidation sites excluding steroid dienone is 1. The maximum absolute atomic E-state index is 10.00. The number of hydrogen-bond acceptors (Lipinski definition) is 5. The maximum atomic E-state index is 10.00. The van der Waals surface area contributed by atoms with Gasteiger partial charge in [0.2, 0.25) is 0 Å². The van der Waals surface area contributed by atoms with Crippen molar-refractivity contribution in [2.45, 2.75) is 24.2 Å². The quantitative estimate of drug-likeness (QED) is 0.251. The van der Waals surface area contributed by atoms with Gasteiger partial charge in [0.25, 0.3) is 6.47 Å². The van der Waals surface area contributed by atoms with Crippen LogP contribution in [0, 0.1) is 0 Å². The molecule has 0 radical (unpaired) electrons. The lowest BCUT2D eigenvalue weighted by molar-refractivity contribution is -0.130. The molecule has 5 heteroatoms. The predicted molar refractivity (Wildman–Crippen MR) is 125 cm³/mol. The summed E-state index contributed by atoms with van der Waals surface area (Å²) in [5.74, 6) is 3.16. The minimum absolute atomic E-state index is 0.337. The number of carbonyl (C=O) groups excluding carboxylic acids is 1. The monoisotopic (exact) mass is 428 g/mol. The van der Waals surface area contributed by atoms with Crippen LogP contribution in [-0.2, 0) is 20.7 Å². The van der Waals surface area contributed by atoms with E-state index in [9.17, 15) is 4.79 Å². The highest BCUT2D eigenvalue weighted by molar-refractivity contribution is 8.02. The van der Waals surface area contributed by atoms with E-state index >= 15 is 0 Å². The molecule has 1 aliphatic carbocycles. The van der Waals surface area contributed by atoms with Crippen LogP contribution in [-0.4, -0.2) is 43.6 Å². The topological polar surface area (TPSA) is 35.5 Å². The molecule has 0 saturated heterocycles. The number of benzene rings is 2. The highest BCUT2D eigenvalue weighted by Crippen LogP contribution is 2.30. The van der Waals surface area contributed by atoms with E-state index in [1.807, 2.05) is 23.5 Å². The highest BCUT2D eigenvalue weighted by atomic mass is 32.2. The smallest absolute Gasteiger partial charge is 0.293 e. The van der Waals surface area contributed by atoms with E-state index < -0.39 is 0 Å². The lowest BCUT2D eigenvalue weighted by Crippen LogP contribution is -2.05. The second-order valence-corrected chi connectivity index (χ2v) is 9.18. The second kappa shape index (κ2) is 12.8. The van der Waals surface area contributed by atoms with E-state index in [4.69, 9.17) is 4.74 Å². The molecular weight excluding hydrogens is 400 g/mol. The van der Waals surface area contributed by atoms with Crippen LogP contribution in [0.4, 0.5) is 0 Å². The van der Waals surface area contributed by atoms with Crippen LogP contribution in [0.25, 0.3) is 11.6 Å². The van der Waals surface area contributed by atoms with E-state index in [1.54, 1.807) is 0 Å². The third-order valence-electron chi connectivity index (χ3n) is 4.78. The molecule has 0 spiro atoms. The van der Waals surface area contributed by atoms with Gasteiger partial charge in [-0.05, 0) is 53.7 Å². The summed E-state index contributed by atoms with van der Waals surface area (Å²) in [6.45, 7) is 1.96. The average Bonchev–Trinajstić information content (AvgIpc) is 2.98. The van der Waals surface area contributed by atoms with E-state index in [0.717, 1.165) is 23.7 Å². The van der Waals surface area contributed by atoms with Crippen molar-refractivity contribution in [3.8, 4) is 0 Å². The molecule has 29 heavy (non-hydrogen) atoms. The van der Waals surface area contributed by atoms with Crippen LogP contribution in [0.3, 0.4) is 0 Å². The first-order chi connectivity index (χ1) is 14.4. The normalized spacial score (nSPS) is 13.3. The Morgan fingerprint density at radius 3 is 2.62 bits per heavy atom. The zero-order valence-corrected chi connectivity index (χ0v) is 18.3. The Hall–Kier alpha value is -1.69. The van der Waals surface area contributed by atoms with Gasteiger partial charge in [-0.25, -0.2) is 0 Å². The summed E-state index contributed by atoms with van der Waals surface area (Å²) in [5, 5.41) is 0. The van der Waals surface area contributed by atoms with Crippen LogP contribution in [0.1, 0.15) is 29.5 Å². The van der Waals surface area contributed by atoms with Crippen LogP contribution < -0.4 is 0 Å². The number of fused-ring (bicyclic) bond motifs is 1. The zero-order valence-electron chi connectivity index (χ0n) is 16.7. The van der Waals surface area contributed by atoms with Crippen molar-refractivity contribution in [2.24, 2.45) is 0 Å². The first-order valence-electron chi connectivity index (χ1n) is 10.1. The fourth-order valence-electron chi connectivity index (χ4n) is 3.32. The van der Waals surface area contributed by atoms with Crippen molar-refractivity contribution in [3.05, 3.63) is 65.2 Å². The van der Waals surface area contributed by atoms with Crippen molar-refractivity contribution in [2.75, 3.05) is 37.1 Å². The largest absolute Gasteiger partial charge is 0.465 e. The van der Waals surface area contributed by atoms with Crippen molar-refractivity contribution in [3.63, 3.8) is 0 Å². The molecule has 0 heterocycles. The standard InChI is InChI=1S/C24H28O3S2/c25-19-27-13-12-26-14-15-28-16-17-29-24-10-8-21(9-11-24)23-7-3-6-20-4-1-2-5-22(20)18-23/h1-2,4-5,8-11,18-19H,3,6-7,12-17H2. The third kappa shape index (κ3) is 7.57. The lowest BCUT2D eigenvalue weighted by atomic mass is 10.0. The van der Waals surface area contributed by atoms with E-state index in [2.05, 4.69) is 59.3 Å². The lowest BCUT2D eigenvalue weighted by Gasteiger charge is -2.08. The van der Waals surface area contributed by atoms with E-state index in [0.29, 0.717) is 26.3 Å². The van der Waals surface area contributed by atoms with Crippen LogP contribution >= 0.6 is 23.5 Å². The fraction of sp³-hybridized carbons (Fsp3) is 0.375. The molecule has 0 unspecified atom stereocenters. The zero-order chi connectivity index (χ0) is 20.2. The van der Waals surface area contributed by atoms with E-state index in [1.165, 1.54) is 40.0 Å².